The third-order valence-electron chi connectivity index (χ3n) is 5.66. The molecule has 12 heteroatoms. The predicted molar refractivity (Wildman–Crippen MR) is 116 cm³/mol. The summed E-state index contributed by atoms with van der Waals surface area (Å²) in [5.41, 5.74) is 0.812. The second-order valence-electron chi connectivity index (χ2n) is 8.45. The zero-order valence-electron chi connectivity index (χ0n) is 18.5. The maximum atomic E-state index is 12.0. The minimum Gasteiger partial charge on any atom is -0.399 e. The lowest BCUT2D eigenvalue weighted by molar-refractivity contribution is -0.396. The highest BCUT2D eigenvalue weighted by Gasteiger charge is 2.51. The van der Waals surface area contributed by atoms with Crippen LogP contribution in [0.4, 0.5) is 5.95 Å². The van der Waals surface area contributed by atoms with Gasteiger partial charge in [-0.2, -0.15) is 0 Å². The Morgan fingerprint density at radius 3 is 2.28 bits per heavy atom. The molecule has 0 aliphatic carbocycles. The van der Waals surface area contributed by atoms with E-state index in [2.05, 4.69) is 15.6 Å². The molecule has 2 N–H and O–H groups in total. The number of amides is 2. The largest absolute Gasteiger partial charge is 0.494 e. The lowest BCUT2D eigenvalue weighted by atomic mass is 9.79. The molecule has 0 unspecified atom stereocenters. The van der Waals surface area contributed by atoms with Crippen LogP contribution < -0.4 is 16.1 Å². The Morgan fingerprint density at radius 1 is 1.09 bits per heavy atom. The smallest absolute Gasteiger partial charge is 0.399 e. The summed E-state index contributed by atoms with van der Waals surface area (Å²) in [4.78, 5) is 37.8. The molecular weight excluding hydrogens is 417 g/mol. The van der Waals surface area contributed by atoms with E-state index in [-0.39, 0.29) is 25.6 Å². The van der Waals surface area contributed by atoms with Gasteiger partial charge in [-0.15, -0.1) is 0 Å². The molecule has 11 nitrogen and oxygen atoms in total. The summed E-state index contributed by atoms with van der Waals surface area (Å²) < 4.78 is 13.3. The zero-order valence-corrected chi connectivity index (χ0v) is 18.5. The van der Waals surface area contributed by atoms with Gasteiger partial charge in [0, 0.05) is 13.1 Å². The van der Waals surface area contributed by atoms with E-state index in [4.69, 9.17) is 9.31 Å². The molecule has 2 amide bonds. The van der Waals surface area contributed by atoms with Crippen molar-refractivity contribution in [3.05, 3.63) is 52.3 Å². The number of rotatable bonds is 7. The quantitative estimate of drug-likeness (QED) is 0.276. The van der Waals surface area contributed by atoms with E-state index in [1.807, 2.05) is 52.0 Å². The highest BCUT2D eigenvalue weighted by atomic mass is 16.7. The highest BCUT2D eigenvalue weighted by molar-refractivity contribution is 6.62. The summed E-state index contributed by atoms with van der Waals surface area (Å²) in [5, 5.41) is 15.8. The van der Waals surface area contributed by atoms with Crippen LogP contribution in [0.15, 0.2) is 36.7 Å². The van der Waals surface area contributed by atoms with Gasteiger partial charge in [0.1, 0.15) is 12.4 Å². The van der Waals surface area contributed by atoms with Crippen LogP contribution >= 0.6 is 0 Å². The molecule has 0 radical (unpaired) electrons. The van der Waals surface area contributed by atoms with Gasteiger partial charge >= 0.3 is 24.9 Å². The predicted octanol–water partition coefficient (Wildman–Crippen LogP) is 0.523. The molecule has 1 aliphatic heterocycles. The van der Waals surface area contributed by atoms with Crippen LogP contribution in [-0.2, 0) is 32.0 Å². The first-order valence-electron chi connectivity index (χ1n) is 10.2. The summed E-state index contributed by atoms with van der Waals surface area (Å²) >= 11 is 0. The third kappa shape index (κ3) is 5.14. The number of nitro groups is 1. The van der Waals surface area contributed by atoms with Crippen LogP contribution in [0.2, 0.25) is 0 Å². The Balaban J connectivity index is 1.45. The van der Waals surface area contributed by atoms with Crippen molar-refractivity contribution in [2.24, 2.45) is 0 Å². The molecule has 2 heterocycles. The van der Waals surface area contributed by atoms with Gasteiger partial charge in [0.05, 0.1) is 17.7 Å². The minimum absolute atomic E-state index is 0.0479. The Morgan fingerprint density at radius 2 is 1.69 bits per heavy atom. The molecule has 1 aromatic carbocycles. The van der Waals surface area contributed by atoms with Crippen molar-refractivity contribution in [3.8, 4) is 0 Å². The summed E-state index contributed by atoms with van der Waals surface area (Å²) in [5.74, 6) is -1.94. The summed E-state index contributed by atoms with van der Waals surface area (Å²) in [6, 6.07) is 7.39. The molecule has 1 fully saturated rings. The van der Waals surface area contributed by atoms with E-state index >= 15 is 0 Å². The number of carbonyl (C=O) groups excluding carboxylic acids is 2. The lowest BCUT2D eigenvalue weighted by Crippen LogP contribution is -2.41. The van der Waals surface area contributed by atoms with Crippen molar-refractivity contribution < 1.29 is 23.8 Å². The lowest BCUT2D eigenvalue weighted by Gasteiger charge is -2.32. The number of nitrogens with zero attached hydrogens (tertiary/aromatic N) is 3. The van der Waals surface area contributed by atoms with E-state index < -0.39 is 35.1 Å². The van der Waals surface area contributed by atoms with Crippen LogP contribution in [0.25, 0.3) is 0 Å². The monoisotopic (exact) mass is 443 g/mol. The number of nitrogens with one attached hydrogen (secondary N) is 2. The average molecular weight is 443 g/mol. The van der Waals surface area contributed by atoms with Gasteiger partial charge in [-0.3, -0.25) is 9.59 Å². The third-order valence-corrected chi connectivity index (χ3v) is 5.66. The Bertz CT molecular complexity index is 988. The summed E-state index contributed by atoms with van der Waals surface area (Å²) in [6.45, 7) is 8.28. The van der Waals surface area contributed by atoms with Crippen LogP contribution in [0.3, 0.4) is 0 Å². The second-order valence-corrected chi connectivity index (χ2v) is 8.45. The van der Waals surface area contributed by atoms with Crippen molar-refractivity contribution >= 4 is 30.3 Å². The minimum atomic E-state index is -0.818. The fraction of sp³-hybridized carbons (Fsp3) is 0.450. The number of hydrogen-bond donors (Lipinski definition) is 2. The number of aromatic nitrogens is 2. The van der Waals surface area contributed by atoms with Crippen LogP contribution in [0.5, 0.6) is 0 Å². The standard InChI is InChI=1S/C20H26BN5O6/c1-19(2)20(3,4)32-21(31-19)15-7-5-14(6-8-15)13-24-17(28)16(27)22-9-11-25-12-10-23-18(25)26(29)30/h5-8,10,12H,9,11,13H2,1-4H3,(H,22,27)(H,24,28). The van der Waals surface area contributed by atoms with Crippen LogP contribution in [-0.4, -0.2) is 51.2 Å². The molecule has 0 bridgehead atoms. The molecule has 2 aromatic rings. The molecule has 0 spiro atoms. The number of hydrogen-bond acceptors (Lipinski definition) is 7. The molecule has 3 rings (SSSR count). The first-order valence-corrected chi connectivity index (χ1v) is 10.2. The van der Waals surface area contributed by atoms with Crippen molar-refractivity contribution in [2.45, 2.75) is 52.0 Å². The molecule has 170 valence electrons. The summed E-state index contributed by atoms with van der Waals surface area (Å²) in [7, 11) is -0.472. The second kappa shape index (κ2) is 9.09. The Hall–Kier alpha value is -3.25. The first kappa shape index (κ1) is 23.4. The average Bonchev–Trinajstić information content (AvgIpc) is 3.28. The maximum Gasteiger partial charge on any atom is 0.494 e. The molecule has 0 atom stereocenters. The van der Waals surface area contributed by atoms with Gasteiger partial charge < -0.3 is 30.1 Å². The van der Waals surface area contributed by atoms with Gasteiger partial charge in [-0.1, -0.05) is 29.2 Å². The van der Waals surface area contributed by atoms with Gasteiger partial charge in [0.15, 0.2) is 0 Å². The normalized spacial score (nSPS) is 16.6. The van der Waals surface area contributed by atoms with Gasteiger partial charge in [-0.25, -0.2) is 4.57 Å². The van der Waals surface area contributed by atoms with Gasteiger partial charge in [0.25, 0.3) is 0 Å². The van der Waals surface area contributed by atoms with E-state index in [9.17, 15) is 19.7 Å². The van der Waals surface area contributed by atoms with Crippen molar-refractivity contribution in [3.63, 3.8) is 0 Å². The SMILES string of the molecule is CC1(C)OB(c2ccc(CNC(=O)C(=O)NCCn3ccnc3[N+](=O)[O-])cc2)OC1(C)C. The topological polar surface area (TPSA) is 138 Å². The van der Waals surface area contributed by atoms with Crippen LogP contribution in [0, 0.1) is 10.1 Å². The summed E-state index contributed by atoms with van der Waals surface area (Å²) in [6.07, 6.45) is 2.72. The van der Waals surface area contributed by atoms with E-state index in [1.54, 1.807) is 0 Å². The molecule has 1 aliphatic rings. The number of carbonyl (C=O) groups is 2. The van der Waals surface area contributed by atoms with E-state index in [0.717, 1.165) is 11.0 Å². The molecule has 1 saturated heterocycles. The van der Waals surface area contributed by atoms with Gasteiger partial charge in [-0.05, 0) is 43.6 Å². The van der Waals surface area contributed by atoms with E-state index in [0.29, 0.717) is 0 Å². The van der Waals surface area contributed by atoms with E-state index in [1.165, 1.54) is 17.0 Å². The maximum absolute atomic E-state index is 12.0. The molecule has 0 saturated carbocycles. The number of imidazole rings is 1. The fourth-order valence-electron chi connectivity index (χ4n) is 3.05. The van der Waals surface area contributed by atoms with Crippen molar-refractivity contribution in [2.75, 3.05) is 6.54 Å². The zero-order chi connectivity index (χ0) is 23.5. The van der Waals surface area contributed by atoms with Crippen LogP contribution in [0.1, 0.15) is 33.3 Å². The molecule has 1 aromatic heterocycles. The molecular formula is C20H26BN5O6. The first-order chi connectivity index (χ1) is 15.0. The number of benzene rings is 1. The fourth-order valence-corrected chi connectivity index (χ4v) is 3.05. The van der Waals surface area contributed by atoms with Crippen molar-refractivity contribution in [1.82, 2.24) is 20.2 Å². The van der Waals surface area contributed by atoms with Gasteiger partial charge in [0.2, 0.25) is 0 Å². The highest BCUT2D eigenvalue weighted by Crippen LogP contribution is 2.36. The molecule has 32 heavy (non-hydrogen) atoms. The van der Waals surface area contributed by atoms with Crippen molar-refractivity contribution in [1.29, 1.82) is 0 Å². The Kier molecular flexibility index (Phi) is 6.65. The Labute approximate surface area is 185 Å².